The first kappa shape index (κ1) is 20.9. The monoisotopic (exact) mass is 436 g/mol. The molecule has 3 heterocycles. The lowest BCUT2D eigenvalue weighted by molar-refractivity contribution is 0.118. The van der Waals surface area contributed by atoms with E-state index in [1.807, 2.05) is 37.4 Å². The topological polar surface area (TPSA) is 48.4 Å². The number of piperidine rings is 1. The van der Waals surface area contributed by atoms with E-state index in [9.17, 15) is 9.18 Å². The first-order valence-corrected chi connectivity index (χ1v) is 11.3. The molecule has 0 radical (unpaired) electrons. The normalized spacial score (nSPS) is 24.9. The number of benzene rings is 2. The van der Waals surface area contributed by atoms with Crippen molar-refractivity contribution in [2.24, 2.45) is 16.9 Å². The molecule has 1 saturated heterocycles. The summed E-state index contributed by atoms with van der Waals surface area (Å²) in [5.74, 6) is 0.579. The molecule has 0 aromatic heterocycles. The van der Waals surface area contributed by atoms with Crippen LogP contribution < -0.4 is 4.74 Å². The molecule has 2 amide bonds. The van der Waals surface area contributed by atoms with Crippen molar-refractivity contribution in [3.63, 3.8) is 0 Å². The molecule has 7 heteroatoms. The summed E-state index contributed by atoms with van der Waals surface area (Å²) in [5.41, 5.74) is 2.35. The number of rotatable bonds is 3. The fraction of sp³-hybridized carbons (Fsp3) is 0.440. The molecule has 0 spiro atoms. The first-order chi connectivity index (χ1) is 15.5. The average molecular weight is 437 g/mol. The summed E-state index contributed by atoms with van der Waals surface area (Å²) in [4.78, 5) is 17.7. The molecule has 6 nitrogen and oxygen atoms in total. The number of halogens is 1. The van der Waals surface area contributed by atoms with Crippen molar-refractivity contribution >= 4 is 11.7 Å². The summed E-state index contributed by atoms with van der Waals surface area (Å²) >= 11 is 0. The van der Waals surface area contributed by atoms with Crippen molar-refractivity contribution in [3.05, 3.63) is 65.5 Å². The maximum atomic E-state index is 14.0. The number of hydrogen-bond acceptors (Lipinski definition) is 4. The van der Waals surface area contributed by atoms with Crippen LogP contribution in [0, 0.1) is 17.7 Å². The van der Waals surface area contributed by atoms with Gasteiger partial charge in [-0.15, -0.1) is 0 Å². The molecule has 3 atom stereocenters. The van der Waals surface area contributed by atoms with Gasteiger partial charge in [0.1, 0.15) is 11.6 Å². The maximum absolute atomic E-state index is 14.0. The first-order valence-electron chi connectivity index (χ1n) is 11.3. The highest BCUT2D eigenvalue weighted by Gasteiger charge is 2.46. The molecule has 0 bridgehead atoms. The molecular weight excluding hydrogens is 407 g/mol. The van der Waals surface area contributed by atoms with E-state index in [0.29, 0.717) is 30.4 Å². The van der Waals surface area contributed by atoms with E-state index in [1.165, 1.54) is 12.1 Å². The minimum absolute atomic E-state index is 0.132. The standard InChI is InChI=1S/C25H29FN4O2/c1-28-12-6-7-17(14-28)15-29(2)25(31)30-24(18-8-4-3-5-9-18)21-16-32-22-11-10-19(26)13-20(22)23(21)27-30/h3-5,8-11,13,17,21,24H,6-7,12,14-16H2,1-2H3. The Morgan fingerprint density at radius 2 is 2.06 bits per heavy atom. The van der Waals surface area contributed by atoms with Crippen LogP contribution in [0.3, 0.4) is 0 Å². The van der Waals surface area contributed by atoms with E-state index in [-0.39, 0.29) is 23.8 Å². The van der Waals surface area contributed by atoms with Gasteiger partial charge < -0.3 is 14.5 Å². The van der Waals surface area contributed by atoms with Crippen LogP contribution in [0.1, 0.15) is 30.0 Å². The van der Waals surface area contributed by atoms with Gasteiger partial charge in [-0.2, -0.15) is 5.10 Å². The van der Waals surface area contributed by atoms with Gasteiger partial charge in [0.05, 0.1) is 24.3 Å². The number of fused-ring (bicyclic) bond motifs is 3. The molecule has 3 aliphatic heterocycles. The van der Waals surface area contributed by atoms with Gasteiger partial charge in [-0.05, 0) is 56.1 Å². The molecular formula is C25H29FN4O2. The van der Waals surface area contributed by atoms with Crippen molar-refractivity contribution in [1.82, 2.24) is 14.8 Å². The third kappa shape index (κ3) is 3.86. The van der Waals surface area contributed by atoms with Gasteiger partial charge in [0, 0.05) is 25.7 Å². The second-order valence-corrected chi connectivity index (χ2v) is 9.18. The van der Waals surface area contributed by atoms with E-state index in [4.69, 9.17) is 9.84 Å². The van der Waals surface area contributed by atoms with E-state index in [1.54, 1.807) is 16.0 Å². The number of ether oxygens (including phenoxy) is 1. The quantitative estimate of drug-likeness (QED) is 0.731. The molecule has 5 rings (SSSR count). The van der Waals surface area contributed by atoms with Gasteiger partial charge in [-0.25, -0.2) is 14.2 Å². The molecule has 0 N–H and O–H groups in total. The lowest BCUT2D eigenvalue weighted by Crippen LogP contribution is -2.45. The number of hydrogen-bond donors (Lipinski definition) is 0. The lowest BCUT2D eigenvalue weighted by Gasteiger charge is -2.35. The Labute approximate surface area is 188 Å². The summed E-state index contributed by atoms with van der Waals surface area (Å²) in [6.07, 6.45) is 2.28. The second-order valence-electron chi connectivity index (χ2n) is 9.18. The minimum Gasteiger partial charge on any atom is -0.492 e. The largest absolute Gasteiger partial charge is 0.492 e. The second kappa shape index (κ2) is 8.54. The Kier molecular flexibility index (Phi) is 5.59. The van der Waals surface area contributed by atoms with Gasteiger partial charge in [0.2, 0.25) is 0 Å². The Hall–Kier alpha value is -2.93. The summed E-state index contributed by atoms with van der Waals surface area (Å²) in [6, 6.07) is 14.0. The SMILES string of the molecule is CN1CCCC(CN(C)C(=O)N2N=C3c4cc(F)ccc4OCC3C2c2ccccc2)C1. The number of carbonyl (C=O) groups excluding carboxylic acids is 1. The van der Waals surface area contributed by atoms with E-state index >= 15 is 0 Å². The lowest BCUT2D eigenvalue weighted by atomic mass is 9.86. The van der Waals surface area contributed by atoms with Crippen LogP contribution in [-0.4, -0.2) is 66.9 Å². The van der Waals surface area contributed by atoms with E-state index in [0.717, 1.165) is 37.2 Å². The van der Waals surface area contributed by atoms with Crippen molar-refractivity contribution in [2.75, 3.05) is 40.3 Å². The fourth-order valence-electron chi connectivity index (χ4n) is 5.25. The average Bonchev–Trinajstić information content (AvgIpc) is 3.19. The highest BCUT2D eigenvalue weighted by Crippen LogP contribution is 2.43. The van der Waals surface area contributed by atoms with Crippen LogP contribution in [0.4, 0.5) is 9.18 Å². The van der Waals surface area contributed by atoms with Crippen LogP contribution in [0.2, 0.25) is 0 Å². The van der Waals surface area contributed by atoms with Crippen molar-refractivity contribution in [1.29, 1.82) is 0 Å². The fourth-order valence-corrected chi connectivity index (χ4v) is 5.25. The molecule has 168 valence electrons. The predicted molar refractivity (Wildman–Crippen MR) is 121 cm³/mol. The minimum atomic E-state index is -0.338. The molecule has 0 aliphatic carbocycles. The Morgan fingerprint density at radius 3 is 2.84 bits per heavy atom. The number of nitrogens with zero attached hydrogens (tertiary/aromatic N) is 4. The summed E-state index contributed by atoms with van der Waals surface area (Å²) in [6.45, 7) is 3.20. The predicted octanol–water partition coefficient (Wildman–Crippen LogP) is 3.99. The molecule has 32 heavy (non-hydrogen) atoms. The number of likely N-dealkylation sites (tertiary alicyclic amines) is 1. The van der Waals surface area contributed by atoms with Gasteiger partial charge in [0.25, 0.3) is 0 Å². The zero-order chi connectivity index (χ0) is 22.2. The maximum Gasteiger partial charge on any atom is 0.340 e. The van der Waals surface area contributed by atoms with Gasteiger partial charge in [0.15, 0.2) is 0 Å². The summed E-state index contributed by atoms with van der Waals surface area (Å²) in [5, 5.41) is 6.37. The summed E-state index contributed by atoms with van der Waals surface area (Å²) < 4.78 is 20.0. The molecule has 2 aromatic carbocycles. The Balaban J connectivity index is 1.46. The van der Waals surface area contributed by atoms with E-state index < -0.39 is 0 Å². The van der Waals surface area contributed by atoms with Crippen molar-refractivity contribution < 1.29 is 13.9 Å². The van der Waals surface area contributed by atoms with Crippen LogP contribution in [0.5, 0.6) is 5.75 Å². The molecule has 1 fully saturated rings. The Morgan fingerprint density at radius 1 is 1.25 bits per heavy atom. The van der Waals surface area contributed by atoms with Gasteiger partial charge >= 0.3 is 6.03 Å². The third-order valence-electron chi connectivity index (χ3n) is 6.77. The number of amides is 2. The van der Waals surface area contributed by atoms with Crippen molar-refractivity contribution in [2.45, 2.75) is 18.9 Å². The number of carbonyl (C=O) groups is 1. The van der Waals surface area contributed by atoms with Crippen LogP contribution in [0.15, 0.2) is 53.6 Å². The van der Waals surface area contributed by atoms with Gasteiger partial charge in [-0.3, -0.25) is 0 Å². The zero-order valence-electron chi connectivity index (χ0n) is 18.6. The molecule has 0 saturated carbocycles. The highest BCUT2D eigenvalue weighted by molar-refractivity contribution is 6.07. The summed E-state index contributed by atoms with van der Waals surface area (Å²) in [7, 11) is 3.98. The van der Waals surface area contributed by atoms with Crippen molar-refractivity contribution in [3.8, 4) is 5.75 Å². The number of urea groups is 1. The van der Waals surface area contributed by atoms with Gasteiger partial charge in [-0.1, -0.05) is 30.3 Å². The van der Waals surface area contributed by atoms with Crippen LogP contribution >= 0.6 is 0 Å². The molecule has 2 aromatic rings. The zero-order valence-corrected chi connectivity index (χ0v) is 18.6. The highest BCUT2D eigenvalue weighted by atomic mass is 19.1. The molecule has 3 aliphatic rings. The number of hydrazone groups is 1. The van der Waals surface area contributed by atoms with E-state index in [2.05, 4.69) is 11.9 Å². The molecule has 3 unspecified atom stereocenters. The van der Waals surface area contributed by atoms with Crippen LogP contribution in [0.25, 0.3) is 0 Å². The van der Waals surface area contributed by atoms with Crippen LogP contribution in [-0.2, 0) is 0 Å². The third-order valence-corrected chi connectivity index (χ3v) is 6.77. The Bertz CT molecular complexity index is 1030. The smallest absolute Gasteiger partial charge is 0.340 e.